The van der Waals surface area contributed by atoms with Gasteiger partial charge in [0, 0.05) is 18.6 Å². The lowest BCUT2D eigenvalue weighted by atomic mass is 9.97. The Bertz CT molecular complexity index is 410. The van der Waals surface area contributed by atoms with Crippen molar-refractivity contribution in [3.63, 3.8) is 0 Å². The Hall–Kier alpha value is -0.860. The first-order chi connectivity index (χ1) is 10.0. The Labute approximate surface area is 131 Å². The summed E-state index contributed by atoms with van der Waals surface area (Å²) in [5, 5.41) is 3.75. The normalized spacial score (nSPS) is 13.1. The van der Waals surface area contributed by atoms with E-state index < -0.39 is 0 Å². The summed E-state index contributed by atoms with van der Waals surface area (Å²) in [4.78, 5) is 2.52. The fourth-order valence-corrected chi connectivity index (χ4v) is 3.08. The van der Waals surface area contributed by atoms with Crippen LogP contribution in [0.2, 0.25) is 0 Å². The Morgan fingerprint density at radius 3 is 2.33 bits per heavy atom. The van der Waals surface area contributed by atoms with Crippen molar-refractivity contribution in [2.24, 2.45) is 0 Å². The number of aryl methyl sites for hydroxylation is 2. The number of likely N-dealkylation sites (N-methyl/N-ethyl adjacent to an activating group) is 1. The molecule has 2 nitrogen and oxygen atoms in total. The summed E-state index contributed by atoms with van der Waals surface area (Å²) in [6.07, 6.45) is 3.62. The standard InChI is InChI=1S/C19H34N2/c1-7-12-20-19(14-21(6)17(8-2)9-3)18-13-15(4)10-11-16(18)5/h10-11,13,17,19-20H,7-9,12,14H2,1-6H3. The minimum Gasteiger partial charge on any atom is -0.309 e. The molecule has 0 fully saturated rings. The van der Waals surface area contributed by atoms with E-state index in [1.807, 2.05) is 0 Å². The molecule has 0 aliphatic rings. The number of hydrogen-bond donors (Lipinski definition) is 1. The van der Waals surface area contributed by atoms with Crippen molar-refractivity contribution < 1.29 is 0 Å². The predicted molar refractivity (Wildman–Crippen MR) is 94.0 cm³/mol. The van der Waals surface area contributed by atoms with Crippen molar-refractivity contribution in [3.05, 3.63) is 34.9 Å². The lowest BCUT2D eigenvalue weighted by Gasteiger charge is -2.31. The van der Waals surface area contributed by atoms with Gasteiger partial charge in [-0.25, -0.2) is 0 Å². The van der Waals surface area contributed by atoms with Crippen LogP contribution in [0.1, 0.15) is 62.8 Å². The molecule has 1 atom stereocenters. The average Bonchev–Trinajstić information content (AvgIpc) is 2.47. The van der Waals surface area contributed by atoms with Gasteiger partial charge in [0.05, 0.1) is 0 Å². The van der Waals surface area contributed by atoms with Gasteiger partial charge in [-0.05, 0) is 57.8 Å². The molecule has 0 aliphatic heterocycles. The van der Waals surface area contributed by atoms with Crippen molar-refractivity contribution in [1.29, 1.82) is 0 Å². The van der Waals surface area contributed by atoms with Crippen LogP contribution < -0.4 is 5.32 Å². The first-order valence-electron chi connectivity index (χ1n) is 8.54. The molecular weight excluding hydrogens is 256 g/mol. The van der Waals surface area contributed by atoms with Gasteiger partial charge in [-0.2, -0.15) is 0 Å². The highest BCUT2D eigenvalue weighted by atomic mass is 15.2. The van der Waals surface area contributed by atoms with E-state index in [2.05, 4.69) is 70.1 Å². The van der Waals surface area contributed by atoms with Gasteiger partial charge in [-0.3, -0.25) is 0 Å². The molecule has 0 radical (unpaired) electrons. The van der Waals surface area contributed by atoms with Crippen molar-refractivity contribution in [3.8, 4) is 0 Å². The summed E-state index contributed by atoms with van der Waals surface area (Å²) < 4.78 is 0. The maximum atomic E-state index is 3.75. The van der Waals surface area contributed by atoms with Gasteiger partial charge >= 0.3 is 0 Å². The van der Waals surface area contributed by atoms with E-state index in [1.165, 1.54) is 36.0 Å². The minimum absolute atomic E-state index is 0.426. The van der Waals surface area contributed by atoms with Gasteiger partial charge < -0.3 is 10.2 Å². The molecule has 1 aromatic carbocycles. The summed E-state index contributed by atoms with van der Waals surface area (Å²) >= 11 is 0. The number of hydrogen-bond acceptors (Lipinski definition) is 2. The first kappa shape index (κ1) is 18.2. The largest absolute Gasteiger partial charge is 0.309 e. The highest BCUT2D eigenvalue weighted by Gasteiger charge is 2.19. The van der Waals surface area contributed by atoms with Crippen molar-refractivity contribution >= 4 is 0 Å². The third-order valence-electron chi connectivity index (χ3n) is 4.49. The molecule has 0 bridgehead atoms. The molecule has 120 valence electrons. The highest BCUT2D eigenvalue weighted by Crippen LogP contribution is 2.21. The molecule has 0 spiro atoms. The molecule has 0 saturated carbocycles. The molecule has 1 N–H and O–H groups in total. The van der Waals surface area contributed by atoms with Gasteiger partial charge in [0.2, 0.25) is 0 Å². The monoisotopic (exact) mass is 290 g/mol. The summed E-state index contributed by atoms with van der Waals surface area (Å²) in [6.45, 7) is 13.4. The molecule has 1 unspecified atom stereocenters. The van der Waals surface area contributed by atoms with E-state index in [1.54, 1.807) is 0 Å². The third-order valence-corrected chi connectivity index (χ3v) is 4.49. The fraction of sp³-hybridized carbons (Fsp3) is 0.684. The Morgan fingerprint density at radius 2 is 1.76 bits per heavy atom. The lowest BCUT2D eigenvalue weighted by molar-refractivity contribution is 0.205. The molecule has 0 aromatic heterocycles. The Balaban J connectivity index is 2.91. The van der Waals surface area contributed by atoms with Gasteiger partial charge in [0.25, 0.3) is 0 Å². The van der Waals surface area contributed by atoms with E-state index in [0.717, 1.165) is 13.1 Å². The zero-order valence-corrected chi connectivity index (χ0v) is 14.9. The van der Waals surface area contributed by atoms with Crippen molar-refractivity contribution in [2.75, 3.05) is 20.1 Å². The summed E-state index contributed by atoms with van der Waals surface area (Å²) in [5.41, 5.74) is 4.21. The first-order valence-corrected chi connectivity index (χ1v) is 8.54. The number of benzene rings is 1. The second-order valence-corrected chi connectivity index (χ2v) is 6.28. The number of rotatable bonds is 9. The van der Waals surface area contributed by atoms with E-state index in [4.69, 9.17) is 0 Å². The lowest BCUT2D eigenvalue weighted by Crippen LogP contribution is -2.39. The van der Waals surface area contributed by atoms with E-state index in [-0.39, 0.29) is 0 Å². The quantitative estimate of drug-likeness (QED) is 0.722. The van der Waals surface area contributed by atoms with E-state index >= 15 is 0 Å². The maximum absolute atomic E-state index is 3.75. The smallest absolute Gasteiger partial charge is 0.0452 e. The Kier molecular flexibility index (Phi) is 7.98. The van der Waals surface area contributed by atoms with Crippen LogP contribution in [-0.2, 0) is 0 Å². The average molecular weight is 290 g/mol. The molecule has 0 saturated heterocycles. The fourth-order valence-electron chi connectivity index (χ4n) is 3.08. The van der Waals surface area contributed by atoms with Crippen molar-refractivity contribution in [1.82, 2.24) is 10.2 Å². The van der Waals surface area contributed by atoms with Crippen LogP contribution in [0, 0.1) is 13.8 Å². The second kappa shape index (κ2) is 9.22. The van der Waals surface area contributed by atoms with E-state index in [0.29, 0.717) is 12.1 Å². The number of nitrogens with zero attached hydrogens (tertiary/aromatic N) is 1. The van der Waals surface area contributed by atoms with Gasteiger partial charge in [0.1, 0.15) is 0 Å². The van der Waals surface area contributed by atoms with Crippen LogP contribution in [0.25, 0.3) is 0 Å². The molecule has 21 heavy (non-hydrogen) atoms. The van der Waals surface area contributed by atoms with Crippen LogP contribution in [-0.4, -0.2) is 31.1 Å². The van der Waals surface area contributed by atoms with Crippen molar-refractivity contribution in [2.45, 2.75) is 66.0 Å². The number of nitrogens with one attached hydrogen (secondary N) is 1. The molecule has 0 amide bonds. The second-order valence-electron chi connectivity index (χ2n) is 6.28. The third kappa shape index (κ3) is 5.44. The van der Waals surface area contributed by atoms with Gasteiger partial charge in [-0.15, -0.1) is 0 Å². The Morgan fingerprint density at radius 1 is 1.10 bits per heavy atom. The molecule has 0 aliphatic carbocycles. The minimum atomic E-state index is 0.426. The zero-order chi connectivity index (χ0) is 15.8. The predicted octanol–water partition coefficient (Wildman–Crippen LogP) is 4.46. The molecule has 2 heteroatoms. The zero-order valence-electron chi connectivity index (χ0n) is 14.9. The molecular formula is C19H34N2. The summed E-state index contributed by atoms with van der Waals surface area (Å²) in [7, 11) is 2.27. The molecule has 1 rings (SSSR count). The maximum Gasteiger partial charge on any atom is 0.0452 e. The highest BCUT2D eigenvalue weighted by molar-refractivity contribution is 5.33. The van der Waals surface area contributed by atoms with E-state index in [9.17, 15) is 0 Å². The SMILES string of the molecule is CCCNC(CN(C)C(CC)CC)c1cc(C)ccc1C. The molecule has 0 heterocycles. The van der Waals surface area contributed by atoms with Crippen LogP contribution in [0.15, 0.2) is 18.2 Å². The van der Waals surface area contributed by atoms with Crippen LogP contribution in [0.5, 0.6) is 0 Å². The van der Waals surface area contributed by atoms with Gasteiger partial charge in [0.15, 0.2) is 0 Å². The van der Waals surface area contributed by atoms with Crippen LogP contribution in [0.3, 0.4) is 0 Å². The van der Waals surface area contributed by atoms with Crippen LogP contribution in [0.4, 0.5) is 0 Å². The van der Waals surface area contributed by atoms with Crippen LogP contribution >= 0.6 is 0 Å². The van der Waals surface area contributed by atoms with Gasteiger partial charge in [-0.1, -0.05) is 44.5 Å². The summed E-state index contributed by atoms with van der Waals surface area (Å²) in [6, 6.07) is 7.92. The summed E-state index contributed by atoms with van der Waals surface area (Å²) in [5.74, 6) is 0. The topological polar surface area (TPSA) is 15.3 Å². The molecule has 1 aromatic rings.